The zero-order chi connectivity index (χ0) is 20.4. The van der Waals surface area contributed by atoms with Crippen LogP contribution >= 0.6 is 0 Å². The number of hydrogen-bond acceptors (Lipinski definition) is 1. The predicted octanol–water partition coefficient (Wildman–Crippen LogP) is 6.35. The molecule has 146 valence electrons. The van der Waals surface area contributed by atoms with Gasteiger partial charge in [0.2, 0.25) is 0 Å². The van der Waals surface area contributed by atoms with Gasteiger partial charge in [0, 0.05) is 25.0 Å². The maximum absolute atomic E-state index is 5.67. The summed E-state index contributed by atoms with van der Waals surface area (Å²) in [7, 11) is 2.11. The van der Waals surface area contributed by atoms with Crippen LogP contribution < -0.4 is 0 Å². The Kier molecular flexibility index (Phi) is 5.94. The van der Waals surface area contributed by atoms with Crippen LogP contribution in [0.15, 0.2) is 24.3 Å². The van der Waals surface area contributed by atoms with Crippen molar-refractivity contribution in [1.82, 2.24) is 9.55 Å². The summed E-state index contributed by atoms with van der Waals surface area (Å²) in [5, 5.41) is 0. The molecular formula is C26H32N2. The van der Waals surface area contributed by atoms with E-state index >= 15 is 0 Å². The minimum Gasteiger partial charge on any atom is -0.331 e. The van der Waals surface area contributed by atoms with Crippen molar-refractivity contribution in [2.24, 2.45) is 7.05 Å². The van der Waals surface area contributed by atoms with Crippen molar-refractivity contribution >= 4 is 11.6 Å². The number of imidazole rings is 1. The molecule has 1 unspecified atom stereocenters. The highest BCUT2D eigenvalue weighted by molar-refractivity contribution is 5.68. The van der Waals surface area contributed by atoms with E-state index in [1.54, 1.807) is 0 Å². The van der Waals surface area contributed by atoms with Crippen molar-refractivity contribution in [2.45, 2.75) is 65.7 Å². The average Bonchev–Trinajstić information content (AvgIpc) is 2.99. The summed E-state index contributed by atoms with van der Waals surface area (Å²) in [6, 6.07) is 4.47. The van der Waals surface area contributed by atoms with Gasteiger partial charge in [0.15, 0.2) is 0 Å². The van der Waals surface area contributed by atoms with Gasteiger partial charge in [0.05, 0.1) is 11.4 Å². The Morgan fingerprint density at radius 3 is 2.79 bits per heavy atom. The molecule has 0 saturated heterocycles. The third-order valence-electron chi connectivity index (χ3n) is 6.13. The van der Waals surface area contributed by atoms with E-state index in [-0.39, 0.29) is 0 Å². The quantitative estimate of drug-likeness (QED) is 0.540. The Hall–Kier alpha value is -2.53. The zero-order valence-electron chi connectivity index (χ0n) is 18.0. The number of aryl methyl sites for hydroxylation is 1. The highest BCUT2D eigenvalue weighted by Crippen LogP contribution is 2.34. The van der Waals surface area contributed by atoms with Gasteiger partial charge >= 0.3 is 0 Å². The SMILES string of the molecule is C#CC1=Cc2c(nc(Cc3c(C)ccc(C(=C)CCCC)c3C)n2C)C(C)C1. The van der Waals surface area contributed by atoms with Crippen LogP contribution in [0.3, 0.4) is 0 Å². The Labute approximate surface area is 170 Å². The Bertz CT molecular complexity index is 979. The molecule has 28 heavy (non-hydrogen) atoms. The summed E-state index contributed by atoms with van der Waals surface area (Å²) in [5.41, 5.74) is 9.99. The largest absolute Gasteiger partial charge is 0.331 e. The number of benzene rings is 1. The molecule has 2 nitrogen and oxygen atoms in total. The van der Waals surface area contributed by atoms with Gasteiger partial charge in [0.1, 0.15) is 5.82 Å². The van der Waals surface area contributed by atoms with Gasteiger partial charge in [-0.1, -0.05) is 44.9 Å². The van der Waals surface area contributed by atoms with Crippen LogP contribution in [-0.2, 0) is 13.5 Å². The first-order valence-corrected chi connectivity index (χ1v) is 10.4. The first-order valence-electron chi connectivity index (χ1n) is 10.4. The first-order chi connectivity index (χ1) is 13.4. The molecule has 2 aromatic rings. The van der Waals surface area contributed by atoms with E-state index in [0.29, 0.717) is 5.92 Å². The summed E-state index contributed by atoms with van der Waals surface area (Å²) in [6.07, 6.45) is 13.0. The van der Waals surface area contributed by atoms with E-state index in [2.05, 4.69) is 70.0 Å². The van der Waals surface area contributed by atoms with E-state index in [4.69, 9.17) is 11.4 Å². The molecule has 2 heteroatoms. The van der Waals surface area contributed by atoms with E-state index in [1.807, 2.05) is 0 Å². The zero-order valence-corrected chi connectivity index (χ0v) is 18.0. The average molecular weight is 373 g/mol. The lowest BCUT2D eigenvalue weighted by Gasteiger charge is -2.17. The maximum atomic E-state index is 5.67. The summed E-state index contributed by atoms with van der Waals surface area (Å²) in [4.78, 5) is 5.03. The molecule has 1 aromatic carbocycles. The summed E-state index contributed by atoms with van der Waals surface area (Å²) in [6.45, 7) is 13.2. The van der Waals surface area contributed by atoms with Crippen LogP contribution in [-0.4, -0.2) is 9.55 Å². The van der Waals surface area contributed by atoms with Crippen molar-refractivity contribution in [3.63, 3.8) is 0 Å². The molecule has 0 aliphatic heterocycles. The van der Waals surface area contributed by atoms with Crippen molar-refractivity contribution < 1.29 is 0 Å². The molecule has 0 saturated carbocycles. The standard InChI is InChI=1S/C26H32N2/c1-8-10-11-17(3)22-13-12-18(4)23(20(22)6)16-25-27-26-19(5)14-21(9-2)15-24(26)28(25)7/h2,12-13,15,19H,3,8,10-11,14,16H2,1,4-7H3. The lowest BCUT2D eigenvalue weighted by molar-refractivity contribution is 0.728. The second-order valence-corrected chi connectivity index (χ2v) is 8.19. The molecule has 0 fully saturated rings. The molecule has 0 radical (unpaired) electrons. The molecule has 1 aliphatic rings. The number of nitrogens with zero attached hydrogens (tertiary/aromatic N) is 2. The molecule has 0 spiro atoms. The highest BCUT2D eigenvalue weighted by Gasteiger charge is 2.24. The van der Waals surface area contributed by atoms with Crippen molar-refractivity contribution in [1.29, 1.82) is 0 Å². The molecule has 1 aromatic heterocycles. The molecule has 3 rings (SSSR count). The predicted molar refractivity (Wildman–Crippen MR) is 120 cm³/mol. The lowest BCUT2D eigenvalue weighted by atomic mass is 9.90. The fourth-order valence-corrected chi connectivity index (χ4v) is 4.26. The Balaban J connectivity index is 1.99. The monoisotopic (exact) mass is 372 g/mol. The van der Waals surface area contributed by atoms with Crippen LogP contribution in [0.2, 0.25) is 0 Å². The third-order valence-corrected chi connectivity index (χ3v) is 6.13. The Morgan fingerprint density at radius 1 is 1.36 bits per heavy atom. The van der Waals surface area contributed by atoms with Crippen LogP contribution in [0.4, 0.5) is 0 Å². The van der Waals surface area contributed by atoms with Crippen molar-refractivity contribution in [3.05, 3.63) is 63.8 Å². The number of rotatable bonds is 6. The first kappa shape index (κ1) is 20.2. The molecule has 1 atom stereocenters. The minimum atomic E-state index is 0.369. The van der Waals surface area contributed by atoms with Crippen molar-refractivity contribution in [2.75, 3.05) is 0 Å². The van der Waals surface area contributed by atoms with Gasteiger partial charge in [-0.25, -0.2) is 4.98 Å². The van der Waals surface area contributed by atoms with Crippen LogP contribution in [0.25, 0.3) is 11.6 Å². The van der Waals surface area contributed by atoms with Gasteiger partial charge in [-0.2, -0.15) is 0 Å². The summed E-state index contributed by atoms with van der Waals surface area (Å²) in [5.74, 6) is 4.30. The molecule has 1 aliphatic carbocycles. The van der Waals surface area contributed by atoms with E-state index in [9.17, 15) is 0 Å². The highest BCUT2D eigenvalue weighted by atomic mass is 15.1. The topological polar surface area (TPSA) is 17.8 Å². The second-order valence-electron chi connectivity index (χ2n) is 8.19. The van der Waals surface area contributed by atoms with Crippen LogP contribution in [0.5, 0.6) is 0 Å². The molecule has 0 N–H and O–H groups in total. The number of allylic oxidation sites excluding steroid dienone is 2. The number of hydrogen-bond donors (Lipinski definition) is 0. The third kappa shape index (κ3) is 3.72. The lowest BCUT2D eigenvalue weighted by Crippen LogP contribution is -2.06. The van der Waals surface area contributed by atoms with E-state index in [1.165, 1.54) is 52.1 Å². The summed E-state index contributed by atoms with van der Waals surface area (Å²) >= 11 is 0. The fraction of sp³-hybridized carbons (Fsp3) is 0.423. The van der Waals surface area contributed by atoms with Gasteiger partial charge in [0.25, 0.3) is 0 Å². The fourth-order valence-electron chi connectivity index (χ4n) is 4.26. The minimum absolute atomic E-state index is 0.369. The number of unbranched alkanes of at least 4 members (excludes halogenated alkanes) is 1. The number of fused-ring (bicyclic) bond motifs is 1. The van der Waals surface area contributed by atoms with E-state index in [0.717, 1.165) is 30.7 Å². The van der Waals surface area contributed by atoms with Gasteiger partial charge < -0.3 is 4.57 Å². The number of terminal acetylenes is 1. The molecule has 1 heterocycles. The van der Waals surface area contributed by atoms with Gasteiger partial charge in [-0.05, 0) is 67.0 Å². The molecule has 0 bridgehead atoms. The molecular weight excluding hydrogens is 340 g/mol. The van der Waals surface area contributed by atoms with Crippen LogP contribution in [0, 0.1) is 26.2 Å². The number of aromatic nitrogens is 2. The smallest absolute Gasteiger partial charge is 0.113 e. The van der Waals surface area contributed by atoms with Crippen molar-refractivity contribution in [3.8, 4) is 12.3 Å². The van der Waals surface area contributed by atoms with Gasteiger partial charge in [-0.3, -0.25) is 0 Å². The second kappa shape index (κ2) is 8.23. The normalized spacial score (nSPS) is 15.7. The Morgan fingerprint density at radius 2 is 2.11 bits per heavy atom. The maximum Gasteiger partial charge on any atom is 0.113 e. The van der Waals surface area contributed by atoms with Gasteiger partial charge in [-0.15, -0.1) is 6.42 Å². The summed E-state index contributed by atoms with van der Waals surface area (Å²) < 4.78 is 2.22. The molecule has 0 amide bonds. The van der Waals surface area contributed by atoms with E-state index < -0.39 is 0 Å². The van der Waals surface area contributed by atoms with Crippen LogP contribution in [0.1, 0.15) is 84.9 Å².